The number of anilines is 1. The molecule has 35 heavy (non-hydrogen) atoms. The first kappa shape index (κ1) is 24.1. The van der Waals surface area contributed by atoms with E-state index >= 15 is 0 Å². The molecule has 0 radical (unpaired) electrons. The summed E-state index contributed by atoms with van der Waals surface area (Å²) in [6.07, 6.45) is 0. The minimum Gasteiger partial charge on any atom is -0.383 e. The number of para-hydroxylation sites is 1. The van der Waals surface area contributed by atoms with Gasteiger partial charge in [-0.2, -0.15) is 0 Å². The third kappa shape index (κ3) is 5.38. The van der Waals surface area contributed by atoms with Crippen LogP contribution in [0.25, 0.3) is 11.0 Å². The van der Waals surface area contributed by atoms with Gasteiger partial charge in [0.15, 0.2) is 0 Å². The number of amides is 2. The largest absolute Gasteiger partial charge is 0.383 e. The van der Waals surface area contributed by atoms with E-state index in [4.69, 9.17) is 4.74 Å². The van der Waals surface area contributed by atoms with E-state index in [1.165, 1.54) is 0 Å². The summed E-state index contributed by atoms with van der Waals surface area (Å²) in [7, 11) is 1.58. The van der Waals surface area contributed by atoms with E-state index in [-0.39, 0.29) is 18.4 Å². The Balaban J connectivity index is 1.79. The number of ether oxygens (including phenoxy) is 1. The zero-order chi connectivity index (χ0) is 24.8. The first-order chi connectivity index (χ1) is 17.0. The van der Waals surface area contributed by atoms with Crippen molar-refractivity contribution in [2.45, 2.75) is 26.4 Å². The van der Waals surface area contributed by atoms with Crippen LogP contribution in [0.3, 0.4) is 0 Å². The van der Waals surface area contributed by atoms with Gasteiger partial charge in [0.1, 0.15) is 18.1 Å². The zero-order valence-electron chi connectivity index (χ0n) is 20.1. The first-order valence-corrected chi connectivity index (χ1v) is 11.5. The molecule has 8 nitrogen and oxygen atoms in total. The molecular weight excluding hydrogens is 442 g/mol. The summed E-state index contributed by atoms with van der Waals surface area (Å²) in [6, 6.07) is 21.8. The molecule has 0 bridgehead atoms. The zero-order valence-corrected chi connectivity index (χ0v) is 20.1. The van der Waals surface area contributed by atoms with E-state index in [0.717, 1.165) is 22.2 Å². The smallest absolute Gasteiger partial charge is 0.249 e. The van der Waals surface area contributed by atoms with Crippen LogP contribution in [0.1, 0.15) is 22.7 Å². The molecule has 1 aromatic heterocycles. The number of benzene rings is 3. The maximum atomic E-state index is 14.0. The summed E-state index contributed by atoms with van der Waals surface area (Å²) in [5, 5.41) is 11.3. The van der Waals surface area contributed by atoms with Crippen molar-refractivity contribution in [3.63, 3.8) is 0 Å². The lowest BCUT2D eigenvalue weighted by Gasteiger charge is -2.32. The summed E-state index contributed by atoms with van der Waals surface area (Å²) in [4.78, 5) is 29.1. The lowest BCUT2D eigenvalue weighted by Crippen LogP contribution is -2.46. The van der Waals surface area contributed by atoms with Crippen LogP contribution in [0.4, 0.5) is 5.69 Å². The van der Waals surface area contributed by atoms with Crippen LogP contribution in [0, 0.1) is 13.8 Å². The van der Waals surface area contributed by atoms with Gasteiger partial charge < -0.3 is 10.1 Å². The molecular formula is C27H29N5O3. The molecule has 8 heteroatoms. The van der Waals surface area contributed by atoms with Crippen LogP contribution < -0.4 is 10.2 Å². The number of nitrogens with zero attached hydrogens (tertiary/aromatic N) is 4. The standard InChI is InChI=1S/C27H29N5O3/c1-19-9-8-11-21(17-19)32(25(33)18-31-24-14-7-6-13-23(24)29-30-31)26(27(34)28-15-16-35-3)22-12-5-4-10-20(22)2/h4-14,17,26H,15-16,18H2,1-3H3,(H,28,34)/t26-/m1/s1. The van der Waals surface area contributed by atoms with Gasteiger partial charge in [0.05, 0.1) is 12.1 Å². The predicted octanol–water partition coefficient (Wildman–Crippen LogP) is 3.59. The van der Waals surface area contributed by atoms with Crippen LogP contribution >= 0.6 is 0 Å². The van der Waals surface area contributed by atoms with E-state index in [1.807, 2.05) is 86.6 Å². The lowest BCUT2D eigenvalue weighted by molar-refractivity contribution is -0.127. The van der Waals surface area contributed by atoms with Crippen LogP contribution in [-0.4, -0.2) is 47.1 Å². The number of aryl methyl sites for hydroxylation is 2. The van der Waals surface area contributed by atoms with Crippen LogP contribution in [-0.2, 0) is 20.9 Å². The van der Waals surface area contributed by atoms with Gasteiger partial charge in [0, 0.05) is 19.3 Å². The average molecular weight is 472 g/mol. The number of hydrogen-bond acceptors (Lipinski definition) is 5. The summed E-state index contributed by atoms with van der Waals surface area (Å²) >= 11 is 0. The van der Waals surface area contributed by atoms with Crippen LogP contribution in [0.5, 0.6) is 0 Å². The molecule has 0 fully saturated rings. The molecule has 4 aromatic rings. The van der Waals surface area contributed by atoms with Crippen molar-refractivity contribution >= 4 is 28.5 Å². The highest BCUT2D eigenvalue weighted by molar-refractivity contribution is 6.01. The van der Waals surface area contributed by atoms with Crippen molar-refractivity contribution in [1.29, 1.82) is 0 Å². The Morgan fingerprint density at radius 3 is 2.57 bits per heavy atom. The Hall–Kier alpha value is -4.04. The normalized spacial score (nSPS) is 11.9. The molecule has 4 rings (SSSR count). The summed E-state index contributed by atoms with van der Waals surface area (Å²) in [5.41, 5.74) is 4.73. The quantitative estimate of drug-likeness (QED) is 0.377. The molecule has 0 saturated carbocycles. The third-order valence-electron chi connectivity index (χ3n) is 5.85. The molecule has 0 saturated heterocycles. The number of methoxy groups -OCH3 is 1. The molecule has 0 unspecified atom stereocenters. The SMILES string of the molecule is COCCNC(=O)[C@@H](c1ccccc1C)N(C(=O)Cn1nnc2ccccc21)c1cccc(C)c1. The fourth-order valence-electron chi connectivity index (χ4n) is 4.12. The molecule has 1 atom stereocenters. The number of hydrogen-bond donors (Lipinski definition) is 1. The molecule has 2 amide bonds. The molecule has 180 valence electrons. The summed E-state index contributed by atoms with van der Waals surface area (Å²) in [6.45, 7) is 4.53. The Morgan fingerprint density at radius 2 is 1.80 bits per heavy atom. The van der Waals surface area contributed by atoms with Gasteiger partial charge in [-0.05, 0) is 54.8 Å². The fraction of sp³-hybridized carbons (Fsp3) is 0.259. The predicted molar refractivity (Wildman–Crippen MR) is 135 cm³/mol. The van der Waals surface area contributed by atoms with Gasteiger partial charge in [-0.25, -0.2) is 4.68 Å². The summed E-state index contributed by atoms with van der Waals surface area (Å²) in [5.74, 6) is -0.559. The molecule has 0 aliphatic heterocycles. The van der Waals surface area contributed by atoms with Crippen molar-refractivity contribution in [3.8, 4) is 0 Å². The number of aromatic nitrogens is 3. The van der Waals surface area contributed by atoms with Gasteiger partial charge in [0.25, 0.3) is 0 Å². The minimum atomic E-state index is -0.878. The van der Waals surface area contributed by atoms with E-state index in [2.05, 4.69) is 15.6 Å². The Kier molecular flexibility index (Phi) is 7.52. The molecule has 1 N–H and O–H groups in total. The van der Waals surface area contributed by atoms with E-state index in [9.17, 15) is 9.59 Å². The number of fused-ring (bicyclic) bond motifs is 1. The van der Waals surface area contributed by atoms with Crippen molar-refractivity contribution in [1.82, 2.24) is 20.3 Å². The molecule has 0 aliphatic carbocycles. The number of rotatable bonds is 9. The monoisotopic (exact) mass is 471 g/mol. The third-order valence-corrected chi connectivity index (χ3v) is 5.85. The maximum Gasteiger partial charge on any atom is 0.249 e. The highest BCUT2D eigenvalue weighted by Crippen LogP contribution is 2.31. The van der Waals surface area contributed by atoms with Gasteiger partial charge >= 0.3 is 0 Å². The van der Waals surface area contributed by atoms with Gasteiger partial charge in [-0.3, -0.25) is 14.5 Å². The molecule has 3 aromatic carbocycles. The number of carbonyl (C=O) groups excluding carboxylic acids is 2. The first-order valence-electron chi connectivity index (χ1n) is 11.5. The van der Waals surface area contributed by atoms with E-state index in [0.29, 0.717) is 24.4 Å². The van der Waals surface area contributed by atoms with E-state index in [1.54, 1.807) is 16.7 Å². The second-order valence-corrected chi connectivity index (χ2v) is 8.38. The average Bonchev–Trinajstić information content (AvgIpc) is 3.26. The number of carbonyl (C=O) groups is 2. The highest BCUT2D eigenvalue weighted by atomic mass is 16.5. The fourth-order valence-corrected chi connectivity index (χ4v) is 4.12. The topological polar surface area (TPSA) is 89.4 Å². The van der Waals surface area contributed by atoms with Crippen molar-refractivity contribution in [3.05, 3.63) is 89.5 Å². The second kappa shape index (κ2) is 10.9. The van der Waals surface area contributed by atoms with Crippen molar-refractivity contribution in [2.75, 3.05) is 25.2 Å². The van der Waals surface area contributed by atoms with Crippen LogP contribution in [0.2, 0.25) is 0 Å². The Bertz CT molecular complexity index is 1330. The van der Waals surface area contributed by atoms with Crippen molar-refractivity contribution < 1.29 is 14.3 Å². The molecule has 0 aliphatic rings. The Labute approximate surface area is 204 Å². The Morgan fingerprint density at radius 1 is 1.03 bits per heavy atom. The highest BCUT2D eigenvalue weighted by Gasteiger charge is 2.34. The number of nitrogens with one attached hydrogen (secondary N) is 1. The maximum absolute atomic E-state index is 14.0. The molecule has 1 heterocycles. The van der Waals surface area contributed by atoms with Gasteiger partial charge in [-0.1, -0.05) is 53.7 Å². The van der Waals surface area contributed by atoms with E-state index < -0.39 is 6.04 Å². The second-order valence-electron chi connectivity index (χ2n) is 8.38. The van der Waals surface area contributed by atoms with Gasteiger partial charge in [-0.15, -0.1) is 5.10 Å². The van der Waals surface area contributed by atoms with Gasteiger partial charge in [0.2, 0.25) is 11.8 Å². The summed E-state index contributed by atoms with van der Waals surface area (Å²) < 4.78 is 6.67. The van der Waals surface area contributed by atoms with Crippen molar-refractivity contribution in [2.24, 2.45) is 0 Å². The minimum absolute atomic E-state index is 0.0673. The molecule has 0 spiro atoms. The lowest BCUT2D eigenvalue weighted by atomic mass is 9.98. The van der Waals surface area contributed by atoms with Crippen LogP contribution in [0.15, 0.2) is 72.8 Å².